The lowest BCUT2D eigenvalue weighted by Gasteiger charge is -2.16. The molecule has 1 heterocycles. The number of halogens is 1. The average Bonchev–Trinajstić information content (AvgIpc) is 2.79. The first kappa shape index (κ1) is 11.8. The number of benzene rings is 1. The number of alkyl halides is 1. The SMILES string of the molecule is Cn1cc(CCl)c(-c2ccc3c(c2)CCCC3)n1. The van der Waals surface area contributed by atoms with Crippen LogP contribution in [0.3, 0.4) is 0 Å². The van der Waals surface area contributed by atoms with Crippen LogP contribution in [0, 0.1) is 0 Å². The van der Waals surface area contributed by atoms with E-state index in [1.165, 1.54) is 42.4 Å². The molecular weight excluding hydrogens is 244 g/mol. The van der Waals surface area contributed by atoms with Crippen molar-refractivity contribution in [3.05, 3.63) is 41.1 Å². The van der Waals surface area contributed by atoms with E-state index in [-0.39, 0.29) is 0 Å². The van der Waals surface area contributed by atoms with Gasteiger partial charge in [-0.2, -0.15) is 5.10 Å². The summed E-state index contributed by atoms with van der Waals surface area (Å²) < 4.78 is 1.84. The number of aromatic nitrogens is 2. The van der Waals surface area contributed by atoms with E-state index >= 15 is 0 Å². The summed E-state index contributed by atoms with van der Waals surface area (Å²) in [7, 11) is 1.94. The molecule has 0 aliphatic heterocycles. The van der Waals surface area contributed by atoms with Gasteiger partial charge in [-0.25, -0.2) is 0 Å². The van der Waals surface area contributed by atoms with Gasteiger partial charge >= 0.3 is 0 Å². The first-order valence-corrected chi connectivity index (χ1v) is 7.02. The number of nitrogens with zero attached hydrogens (tertiary/aromatic N) is 2. The Kier molecular flexibility index (Phi) is 3.13. The lowest BCUT2D eigenvalue weighted by Crippen LogP contribution is -2.02. The molecule has 1 aromatic heterocycles. The fraction of sp³-hybridized carbons (Fsp3) is 0.400. The van der Waals surface area contributed by atoms with Crippen LogP contribution in [0.4, 0.5) is 0 Å². The van der Waals surface area contributed by atoms with Gasteiger partial charge in [0.05, 0.1) is 11.6 Å². The largest absolute Gasteiger partial charge is 0.275 e. The van der Waals surface area contributed by atoms with E-state index < -0.39 is 0 Å². The summed E-state index contributed by atoms with van der Waals surface area (Å²) in [5.74, 6) is 0.514. The summed E-state index contributed by atoms with van der Waals surface area (Å²) in [6.45, 7) is 0. The molecule has 0 atom stereocenters. The molecule has 1 aliphatic rings. The molecule has 18 heavy (non-hydrogen) atoms. The summed E-state index contributed by atoms with van der Waals surface area (Å²) in [4.78, 5) is 0. The molecule has 0 saturated heterocycles. The van der Waals surface area contributed by atoms with Crippen LogP contribution in [0.1, 0.15) is 29.5 Å². The van der Waals surface area contributed by atoms with Gasteiger partial charge in [0.15, 0.2) is 0 Å². The molecule has 3 rings (SSSR count). The molecule has 94 valence electrons. The van der Waals surface area contributed by atoms with Crippen molar-refractivity contribution in [3.63, 3.8) is 0 Å². The summed E-state index contributed by atoms with van der Waals surface area (Å²) in [6, 6.07) is 6.74. The molecule has 0 fully saturated rings. The molecule has 0 amide bonds. The van der Waals surface area contributed by atoms with Gasteiger partial charge in [0.25, 0.3) is 0 Å². The fourth-order valence-corrected chi connectivity index (χ4v) is 2.95. The third-order valence-electron chi connectivity index (χ3n) is 3.67. The second kappa shape index (κ2) is 4.77. The first-order valence-electron chi connectivity index (χ1n) is 6.48. The highest BCUT2D eigenvalue weighted by molar-refractivity contribution is 6.17. The van der Waals surface area contributed by atoms with E-state index in [4.69, 9.17) is 11.6 Å². The van der Waals surface area contributed by atoms with Crippen molar-refractivity contribution in [2.75, 3.05) is 0 Å². The minimum atomic E-state index is 0.514. The van der Waals surface area contributed by atoms with Crippen LogP contribution < -0.4 is 0 Å². The Balaban J connectivity index is 2.06. The molecular formula is C15H17ClN2. The van der Waals surface area contributed by atoms with E-state index in [9.17, 15) is 0 Å². The van der Waals surface area contributed by atoms with E-state index in [0.29, 0.717) is 5.88 Å². The van der Waals surface area contributed by atoms with Crippen molar-refractivity contribution < 1.29 is 0 Å². The van der Waals surface area contributed by atoms with Crippen LogP contribution in [0.2, 0.25) is 0 Å². The number of aryl methyl sites for hydroxylation is 3. The van der Waals surface area contributed by atoms with E-state index in [1.54, 1.807) is 0 Å². The number of hydrogen-bond donors (Lipinski definition) is 0. The van der Waals surface area contributed by atoms with Gasteiger partial charge in [0.2, 0.25) is 0 Å². The second-order valence-electron chi connectivity index (χ2n) is 5.00. The van der Waals surface area contributed by atoms with Gasteiger partial charge in [-0.3, -0.25) is 4.68 Å². The molecule has 2 aromatic rings. The van der Waals surface area contributed by atoms with Crippen molar-refractivity contribution in [3.8, 4) is 11.3 Å². The predicted molar refractivity (Wildman–Crippen MR) is 74.8 cm³/mol. The quantitative estimate of drug-likeness (QED) is 0.753. The average molecular weight is 261 g/mol. The van der Waals surface area contributed by atoms with Gasteiger partial charge in [-0.1, -0.05) is 12.1 Å². The summed E-state index contributed by atoms with van der Waals surface area (Å²) in [5, 5.41) is 4.53. The monoisotopic (exact) mass is 260 g/mol. The lowest BCUT2D eigenvalue weighted by atomic mass is 9.89. The number of fused-ring (bicyclic) bond motifs is 1. The molecule has 0 radical (unpaired) electrons. The Hall–Kier alpha value is -1.28. The van der Waals surface area contributed by atoms with E-state index in [1.807, 2.05) is 17.9 Å². The van der Waals surface area contributed by atoms with Gasteiger partial charge in [0.1, 0.15) is 0 Å². The summed E-state index contributed by atoms with van der Waals surface area (Å²) in [6.07, 6.45) is 7.05. The predicted octanol–water partition coefficient (Wildman–Crippen LogP) is 3.70. The van der Waals surface area contributed by atoms with Crippen LogP contribution in [-0.4, -0.2) is 9.78 Å². The van der Waals surface area contributed by atoms with Crippen LogP contribution in [0.25, 0.3) is 11.3 Å². The van der Waals surface area contributed by atoms with Crippen LogP contribution in [-0.2, 0) is 25.8 Å². The molecule has 1 aromatic carbocycles. The molecule has 3 heteroatoms. The zero-order valence-corrected chi connectivity index (χ0v) is 11.4. The van der Waals surface area contributed by atoms with Gasteiger partial charge < -0.3 is 0 Å². The number of rotatable bonds is 2. The Bertz CT molecular complexity index is 572. The lowest BCUT2D eigenvalue weighted by molar-refractivity contribution is 0.686. The maximum absolute atomic E-state index is 5.99. The van der Waals surface area contributed by atoms with Crippen LogP contribution in [0.5, 0.6) is 0 Å². The van der Waals surface area contributed by atoms with Gasteiger partial charge in [0, 0.05) is 24.4 Å². The van der Waals surface area contributed by atoms with Crippen LogP contribution >= 0.6 is 11.6 Å². The minimum absolute atomic E-state index is 0.514. The van der Waals surface area contributed by atoms with Crippen molar-refractivity contribution in [2.45, 2.75) is 31.6 Å². The molecule has 2 nitrogen and oxygen atoms in total. The Labute approximate surface area is 113 Å². The maximum Gasteiger partial charge on any atom is 0.0967 e. The molecule has 0 unspecified atom stereocenters. The highest BCUT2D eigenvalue weighted by atomic mass is 35.5. The zero-order chi connectivity index (χ0) is 12.5. The normalized spacial score (nSPS) is 14.6. The van der Waals surface area contributed by atoms with Crippen LogP contribution in [0.15, 0.2) is 24.4 Å². The van der Waals surface area contributed by atoms with Crippen molar-refractivity contribution in [1.82, 2.24) is 9.78 Å². The van der Waals surface area contributed by atoms with Crippen molar-refractivity contribution >= 4 is 11.6 Å². The topological polar surface area (TPSA) is 17.8 Å². The third kappa shape index (κ3) is 2.05. The highest BCUT2D eigenvalue weighted by Gasteiger charge is 2.13. The van der Waals surface area contributed by atoms with E-state index in [0.717, 1.165) is 11.3 Å². The summed E-state index contributed by atoms with van der Waals surface area (Å²) >= 11 is 5.99. The Morgan fingerprint density at radius 3 is 2.78 bits per heavy atom. The first-order chi connectivity index (χ1) is 8.78. The molecule has 1 aliphatic carbocycles. The molecule has 0 spiro atoms. The standard InChI is InChI=1S/C15H17ClN2/c1-18-10-14(9-16)15(17-18)13-7-6-11-4-2-3-5-12(11)8-13/h6-8,10H,2-5,9H2,1H3. The highest BCUT2D eigenvalue weighted by Crippen LogP contribution is 2.29. The van der Waals surface area contributed by atoms with Gasteiger partial charge in [-0.15, -0.1) is 11.6 Å². The van der Waals surface area contributed by atoms with Crippen molar-refractivity contribution in [1.29, 1.82) is 0 Å². The van der Waals surface area contributed by atoms with Gasteiger partial charge in [-0.05, 0) is 42.9 Å². The third-order valence-corrected chi connectivity index (χ3v) is 3.96. The van der Waals surface area contributed by atoms with E-state index in [2.05, 4.69) is 23.3 Å². The molecule has 0 bridgehead atoms. The molecule has 0 saturated carbocycles. The molecule has 0 N–H and O–H groups in total. The zero-order valence-electron chi connectivity index (χ0n) is 10.6. The smallest absolute Gasteiger partial charge is 0.0967 e. The fourth-order valence-electron chi connectivity index (χ4n) is 2.76. The maximum atomic E-state index is 5.99. The Morgan fingerprint density at radius 1 is 1.22 bits per heavy atom. The Morgan fingerprint density at radius 2 is 2.00 bits per heavy atom. The summed E-state index contributed by atoms with van der Waals surface area (Å²) in [5.41, 5.74) is 6.33. The minimum Gasteiger partial charge on any atom is -0.275 e. The number of hydrogen-bond acceptors (Lipinski definition) is 1. The van der Waals surface area contributed by atoms with Crippen molar-refractivity contribution in [2.24, 2.45) is 7.05 Å². The second-order valence-corrected chi connectivity index (χ2v) is 5.27.